The van der Waals surface area contributed by atoms with Gasteiger partial charge < -0.3 is 4.90 Å². The quantitative estimate of drug-likeness (QED) is 0.147. The Labute approximate surface area is 344 Å². The molecule has 0 radical (unpaired) electrons. The minimum Gasteiger partial charge on any atom is -0.311 e. The first kappa shape index (κ1) is 34.5. The first-order valence-electron chi connectivity index (χ1n) is 20.3. The SMILES string of the molecule is c1ccc(-c2cccc(-c3ccc(N(c4ccc(-c5ccc6c(ccc7ccccc76)c5)cc4)c4ccc(-c5ccc6c(ccc7ccccc76)c5)cc4)cc3)c2)cc1. The van der Waals surface area contributed by atoms with Gasteiger partial charge >= 0.3 is 0 Å². The Kier molecular flexibility index (Phi) is 8.56. The van der Waals surface area contributed by atoms with Crippen LogP contribution in [0.3, 0.4) is 0 Å². The molecule has 0 aliphatic rings. The molecule has 11 aromatic rings. The van der Waals surface area contributed by atoms with Crippen molar-refractivity contribution in [1.82, 2.24) is 0 Å². The summed E-state index contributed by atoms with van der Waals surface area (Å²) in [6, 6.07) is 86.2. The van der Waals surface area contributed by atoms with Gasteiger partial charge in [-0.1, -0.05) is 182 Å². The Morgan fingerprint density at radius 3 is 0.966 bits per heavy atom. The molecule has 0 aliphatic heterocycles. The highest BCUT2D eigenvalue weighted by atomic mass is 15.1. The molecule has 11 rings (SSSR count). The first-order valence-corrected chi connectivity index (χ1v) is 20.3. The van der Waals surface area contributed by atoms with Crippen LogP contribution in [0.4, 0.5) is 17.1 Å². The highest BCUT2D eigenvalue weighted by Gasteiger charge is 2.15. The summed E-state index contributed by atoms with van der Waals surface area (Å²) >= 11 is 0. The second kappa shape index (κ2) is 14.6. The molecule has 0 aliphatic carbocycles. The lowest BCUT2D eigenvalue weighted by atomic mass is 9.97. The van der Waals surface area contributed by atoms with Gasteiger partial charge in [0.2, 0.25) is 0 Å². The van der Waals surface area contributed by atoms with Crippen molar-refractivity contribution in [3.63, 3.8) is 0 Å². The zero-order valence-electron chi connectivity index (χ0n) is 32.5. The molecule has 0 atom stereocenters. The van der Waals surface area contributed by atoms with E-state index >= 15 is 0 Å². The van der Waals surface area contributed by atoms with Gasteiger partial charge in [-0.3, -0.25) is 0 Å². The molecular formula is C58H39N. The van der Waals surface area contributed by atoms with Crippen LogP contribution >= 0.6 is 0 Å². The highest BCUT2D eigenvalue weighted by Crippen LogP contribution is 2.39. The van der Waals surface area contributed by atoms with Crippen LogP contribution < -0.4 is 4.90 Å². The Morgan fingerprint density at radius 2 is 0.508 bits per heavy atom. The first-order chi connectivity index (χ1) is 29.2. The van der Waals surface area contributed by atoms with Crippen LogP contribution in [0.25, 0.3) is 87.6 Å². The highest BCUT2D eigenvalue weighted by molar-refractivity contribution is 6.09. The van der Waals surface area contributed by atoms with Crippen LogP contribution in [-0.2, 0) is 0 Å². The summed E-state index contributed by atoms with van der Waals surface area (Å²) < 4.78 is 0. The van der Waals surface area contributed by atoms with E-state index in [9.17, 15) is 0 Å². The average Bonchev–Trinajstić information content (AvgIpc) is 3.32. The molecule has 0 saturated carbocycles. The van der Waals surface area contributed by atoms with E-state index in [1.165, 1.54) is 87.6 Å². The van der Waals surface area contributed by atoms with Crippen molar-refractivity contribution in [3.8, 4) is 44.5 Å². The molecule has 0 spiro atoms. The van der Waals surface area contributed by atoms with E-state index in [-0.39, 0.29) is 0 Å². The minimum absolute atomic E-state index is 1.10. The third-order valence-electron chi connectivity index (χ3n) is 11.8. The fraction of sp³-hybridized carbons (Fsp3) is 0. The molecule has 1 nitrogen and oxygen atoms in total. The van der Waals surface area contributed by atoms with Crippen LogP contribution in [0.2, 0.25) is 0 Å². The predicted octanol–water partition coefficient (Wildman–Crippen LogP) is 16.4. The summed E-state index contributed by atoms with van der Waals surface area (Å²) in [7, 11) is 0. The molecule has 0 fully saturated rings. The van der Waals surface area contributed by atoms with Gasteiger partial charge in [0.15, 0.2) is 0 Å². The van der Waals surface area contributed by atoms with E-state index in [2.05, 4.69) is 241 Å². The van der Waals surface area contributed by atoms with Crippen molar-refractivity contribution in [2.24, 2.45) is 0 Å². The fourth-order valence-electron chi connectivity index (χ4n) is 8.75. The Hall–Kier alpha value is -7.74. The number of nitrogens with zero attached hydrogens (tertiary/aromatic N) is 1. The molecule has 0 unspecified atom stereocenters. The number of hydrogen-bond donors (Lipinski definition) is 0. The molecule has 59 heavy (non-hydrogen) atoms. The van der Waals surface area contributed by atoms with Crippen molar-refractivity contribution < 1.29 is 0 Å². The Morgan fingerprint density at radius 1 is 0.186 bits per heavy atom. The van der Waals surface area contributed by atoms with Gasteiger partial charge in [0.25, 0.3) is 0 Å². The van der Waals surface area contributed by atoms with Crippen LogP contribution in [0, 0.1) is 0 Å². The molecule has 0 N–H and O–H groups in total. The maximum Gasteiger partial charge on any atom is 0.0462 e. The van der Waals surface area contributed by atoms with E-state index in [0.29, 0.717) is 0 Å². The maximum absolute atomic E-state index is 2.36. The predicted molar refractivity (Wildman–Crippen MR) is 253 cm³/mol. The molecule has 276 valence electrons. The smallest absolute Gasteiger partial charge is 0.0462 e. The number of fused-ring (bicyclic) bond motifs is 6. The van der Waals surface area contributed by atoms with Crippen LogP contribution in [0.15, 0.2) is 237 Å². The van der Waals surface area contributed by atoms with Gasteiger partial charge in [0.1, 0.15) is 0 Å². The van der Waals surface area contributed by atoms with Crippen LogP contribution in [-0.4, -0.2) is 0 Å². The monoisotopic (exact) mass is 749 g/mol. The topological polar surface area (TPSA) is 3.24 Å². The maximum atomic E-state index is 2.36. The third-order valence-corrected chi connectivity index (χ3v) is 11.8. The molecule has 0 amide bonds. The Bertz CT molecular complexity index is 3130. The van der Waals surface area contributed by atoms with E-state index in [0.717, 1.165) is 17.1 Å². The van der Waals surface area contributed by atoms with Gasteiger partial charge in [-0.15, -0.1) is 0 Å². The van der Waals surface area contributed by atoms with Gasteiger partial charge in [0, 0.05) is 17.1 Å². The standard InChI is InChI=1S/C58H39N/c1-2-9-40(10-3-1)46-13-8-14-47(37-46)41-21-29-52(30-22-41)59(53-31-23-42(24-32-53)48-27-35-57-50(38-48)19-17-44-11-4-6-15-55(44)57)54-33-25-43(26-34-54)49-28-36-58-51(39-49)20-18-45-12-5-7-16-56(45)58/h1-39H. The molecule has 0 heterocycles. The lowest BCUT2D eigenvalue weighted by Crippen LogP contribution is -2.09. The van der Waals surface area contributed by atoms with Gasteiger partial charge in [-0.25, -0.2) is 0 Å². The molecule has 1 heteroatoms. The zero-order chi connectivity index (χ0) is 39.1. The second-order valence-electron chi connectivity index (χ2n) is 15.4. The van der Waals surface area contributed by atoms with E-state index in [4.69, 9.17) is 0 Å². The lowest BCUT2D eigenvalue weighted by Gasteiger charge is -2.26. The minimum atomic E-state index is 1.10. The summed E-state index contributed by atoms with van der Waals surface area (Å²) in [5.74, 6) is 0. The van der Waals surface area contributed by atoms with Gasteiger partial charge in [0.05, 0.1) is 0 Å². The van der Waals surface area contributed by atoms with Crippen molar-refractivity contribution >= 4 is 60.2 Å². The average molecular weight is 750 g/mol. The van der Waals surface area contributed by atoms with Crippen LogP contribution in [0.1, 0.15) is 0 Å². The van der Waals surface area contributed by atoms with E-state index in [1.807, 2.05) is 0 Å². The van der Waals surface area contributed by atoms with Crippen molar-refractivity contribution in [1.29, 1.82) is 0 Å². The summed E-state index contributed by atoms with van der Waals surface area (Å²) in [6.45, 7) is 0. The summed E-state index contributed by atoms with van der Waals surface area (Å²) in [6.07, 6.45) is 0. The molecule has 11 aromatic carbocycles. The fourth-order valence-corrected chi connectivity index (χ4v) is 8.75. The number of benzene rings is 11. The number of rotatable bonds is 7. The van der Waals surface area contributed by atoms with Crippen molar-refractivity contribution in [2.45, 2.75) is 0 Å². The van der Waals surface area contributed by atoms with Crippen molar-refractivity contribution in [3.05, 3.63) is 237 Å². The number of hydrogen-bond acceptors (Lipinski definition) is 1. The summed E-state index contributed by atoms with van der Waals surface area (Å²) in [5.41, 5.74) is 12.9. The van der Waals surface area contributed by atoms with Gasteiger partial charge in [-0.05, 0) is 142 Å². The van der Waals surface area contributed by atoms with Crippen molar-refractivity contribution in [2.75, 3.05) is 4.90 Å². The second-order valence-corrected chi connectivity index (χ2v) is 15.4. The normalized spacial score (nSPS) is 11.4. The third kappa shape index (κ3) is 6.49. The van der Waals surface area contributed by atoms with E-state index in [1.54, 1.807) is 0 Å². The van der Waals surface area contributed by atoms with Crippen LogP contribution in [0.5, 0.6) is 0 Å². The molecular weight excluding hydrogens is 711 g/mol. The largest absolute Gasteiger partial charge is 0.311 e. The zero-order valence-corrected chi connectivity index (χ0v) is 32.5. The summed E-state index contributed by atoms with van der Waals surface area (Å²) in [5, 5.41) is 10.2. The Balaban J connectivity index is 0.951. The number of anilines is 3. The molecule has 0 saturated heterocycles. The molecule has 0 aromatic heterocycles. The lowest BCUT2D eigenvalue weighted by molar-refractivity contribution is 1.28. The molecule has 0 bridgehead atoms. The van der Waals surface area contributed by atoms with E-state index < -0.39 is 0 Å². The van der Waals surface area contributed by atoms with Gasteiger partial charge in [-0.2, -0.15) is 0 Å². The summed E-state index contributed by atoms with van der Waals surface area (Å²) in [4.78, 5) is 2.36.